The maximum atomic E-state index is 15.1. The van der Waals surface area contributed by atoms with E-state index in [9.17, 15) is 4.39 Å². The summed E-state index contributed by atoms with van der Waals surface area (Å²) in [6.45, 7) is 1.99. The van der Waals surface area contributed by atoms with Gasteiger partial charge >= 0.3 is 0 Å². The van der Waals surface area contributed by atoms with Gasteiger partial charge in [-0.1, -0.05) is 6.92 Å². The molecule has 2 aromatic carbocycles. The Morgan fingerprint density at radius 3 is 2.51 bits per heavy atom. The molecule has 4 heterocycles. The number of hydrogen-bond donors (Lipinski definition) is 2. The number of pyridine rings is 2. The van der Waals surface area contributed by atoms with Gasteiger partial charge in [0.2, 0.25) is 0 Å². The van der Waals surface area contributed by atoms with E-state index in [-0.39, 0.29) is 22.3 Å². The molecule has 0 amide bonds. The average Bonchev–Trinajstić information content (AvgIpc) is 3.56. The fourth-order valence-electron chi connectivity index (χ4n) is 4.60. The molecule has 4 aromatic heterocycles. The Hall–Kier alpha value is -4.80. The predicted octanol–water partition coefficient (Wildman–Crippen LogP) is 5.37. The molecule has 3 N–H and O–H groups in total. The molecule has 0 fully saturated rings. The molecule has 0 saturated carbocycles. The smallest absolute Gasteiger partial charge is 0.173 e. The topological polar surface area (TPSA) is 111 Å². The lowest BCUT2D eigenvalue weighted by molar-refractivity contribution is 0.614. The quantitative estimate of drug-likeness (QED) is 0.329. The second kappa shape index (κ2) is 8.70. The van der Waals surface area contributed by atoms with Crippen LogP contribution in [0.25, 0.3) is 50.1 Å². The molecule has 0 bridgehead atoms. The predicted molar refractivity (Wildman–Crippen MR) is 133 cm³/mol. The van der Waals surface area contributed by atoms with Gasteiger partial charge in [-0.15, -0.1) is 0 Å². The van der Waals surface area contributed by atoms with E-state index in [2.05, 4.69) is 25.1 Å². The second-order valence-corrected chi connectivity index (χ2v) is 8.48. The van der Waals surface area contributed by atoms with Crippen LogP contribution in [0.3, 0.4) is 0 Å². The zero-order valence-electron chi connectivity index (χ0n) is 19.5. The second-order valence-electron chi connectivity index (χ2n) is 8.48. The van der Waals surface area contributed by atoms with Crippen LogP contribution in [0.15, 0.2) is 55.1 Å². The molecule has 6 aromatic rings. The van der Waals surface area contributed by atoms with Crippen LogP contribution >= 0.6 is 0 Å². The van der Waals surface area contributed by atoms with E-state index in [1.165, 1.54) is 24.8 Å². The molecule has 11 heteroatoms. The normalized spacial score (nSPS) is 11.6. The number of fused-ring (bicyclic) bond motifs is 2. The van der Waals surface area contributed by atoms with Gasteiger partial charge in [-0.25, -0.2) is 28.1 Å². The van der Waals surface area contributed by atoms with Crippen molar-refractivity contribution in [2.75, 3.05) is 5.73 Å². The maximum Gasteiger partial charge on any atom is 0.173 e. The zero-order chi connectivity index (χ0) is 25.7. The molecular formula is C26H19F3N8. The Kier molecular flexibility index (Phi) is 5.32. The molecule has 0 spiro atoms. The van der Waals surface area contributed by atoms with Gasteiger partial charge in [0.25, 0.3) is 0 Å². The van der Waals surface area contributed by atoms with Gasteiger partial charge in [0.15, 0.2) is 17.5 Å². The van der Waals surface area contributed by atoms with Crippen molar-refractivity contribution in [1.82, 2.24) is 34.7 Å². The van der Waals surface area contributed by atoms with Crippen molar-refractivity contribution < 1.29 is 13.2 Å². The fraction of sp³-hybridized carbons (Fsp3) is 0.115. The van der Waals surface area contributed by atoms with Gasteiger partial charge in [-0.05, 0) is 48.4 Å². The minimum atomic E-state index is -0.673. The highest BCUT2D eigenvalue weighted by atomic mass is 19.1. The molecule has 0 unspecified atom stereocenters. The van der Waals surface area contributed by atoms with Crippen molar-refractivity contribution in [1.29, 1.82) is 0 Å². The molecule has 0 atom stereocenters. The largest absolute Gasteiger partial charge is 0.381 e. The SMILES string of the molecule is CCCc1nc2c(-c3ncn[nH]3)cc(-c3ccnc(N)c3F)cc2n1-c1ccnc2c(F)ccc(F)c12. The van der Waals surface area contributed by atoms with Gasteiger partial charge in [0.05, 0.1) is 16.6 Å². The minimum absolute atomic E-state index is 0.0186. The first-order chi connectivity index (χ1) is 18.0. The van der Waals surface area contributed by atoms with Gasteiger partial charge in [0, 0.05) is 29.9 Å². The number of hydrogen-bond acceptors (Lipinski definition) is 6. The van der Waals surface area contributed by atoms with Crippen LogP contribution in [-0.2, 0) is 6.42 Å². The number of nitrogens with zero attached hydrogens (tertiary/aromatic N) is 6. The van der Waals surface area contributed by atoms with E-state index in [0.29, 0.717) is 45.9 Å². The number of nitrogens with one attached hydrogen (secondary N) is 1. The van der Waals surface area contributed by atoms with Crippen LogP contribution < -0.4 is 5.73 Å². The highest BCUT2D eigenvalue weighted by Crippen LogP contribution is 2.37. The molecule has 0 aliphatic rings. The lowest BCUT2D eigenvalue weighted by Gasteiger charge is -2.14. The van der Waals surface area contributed by atoms with E-state index < -0.39 is 17.5 Å². The van der Waals surface area contributed by atoms with Gasteiger partial charge < -0.3 is 5.73 Å². The number of aromatic amines is 1. The standard InChI is InChI=1S/C26H19F3N8/c1-2-3-20-35-23-15(26-33-12-34-36-26)10-13(14-6-8-32-25(30)22(14)29)11-19(23)37(20)18-7-9-31-24-17(28)5-4-16(27)21(18)24/h4-12H,2-3H2,1H3,(H2,30,32)(H,33,34,36). The average molecular weight is 500 g/mol. The summed E-state index contributed by atoms with van der Waals surface area (Å²) in [5.41, 5.74) is 8.34. The Balaban J connectivity index is 1.77. The minimum Gasteiger partial charge on any atom is -0.381 e. The summed E-state index contributed by atoms with van der Waals surface area (Å²) >= 11 is 0. The molecule has 0 aliphatic heterocycles. The van der Waals surface area contributed by atoms with Crippen molar-refractivity contribution in [3.8, 4) is 28.2 Å². The van der Waals surface area contributed by atoms with Crippen LogP contribution in [-0.4, -0.2) is 34.7 Å². The van der Waals surface area contributed by atoms with E-state index in [1.54, 1.807) is 22.8 Å². The van der Waals surface area contributed by atoms with E-state index in [1.807, 2.05) is 6.92 Å². The van der Waals surface area contributed by atoms with Crippen molar-refractivity contribution in [2.45, 2.75) is 19.8 Å². The zero-order valence-corrected chi connectivity index (χ0v) is 19.5. The third-order valence-corrected chi connectivity index (χ3v) is 6.21. The number of nitrogens with two attached hydrogens (primary N) is 1. The third kappa shape index (κ3) is 3.58. The lowest BCUT2D eigenvalue weighted by atomic mass is 10.0. The first-order valence-corrected chi connectivity index (χ1v) is 11.5. The number of nitrogen functional groups attached to an aromatic ring is 1. The van der Waals surface area contributed by atoms with E-state index in [4.69, 9.17) is 10.7 Å². The Morgan fingerprint density at radius 1 is 0.919 bits per heavy atom. The lowest BCUT2D eigenvalue weighted by Crippen LogP contribution is -2.04. The van der Waals surface area contributed by atoms with Crippen LogP contribution in [0.1, 0.15) is 19.2 Å². The van der Waals surface area contributed by atoms with Crippen molar-refractivity contribution >= 4 is 27.8 Å². The van der Waals surface area contributed by atoms with E-state index in [0.717, 1.165) is 18.6 Å². The molecule has 0 radical (unpaired) electrons. The number of benzene rings is 2. The molecule has 0 aliphatic carbocycles. The monoisotopic (exact) mass is 500 g/mol. The summed E-state index contributed by atoms with van der Waals surface area (Å²) in [6.07, 6.45) is 5.48. The summed E-state index contributed by atoms with van der Waals surface area (Å²) in [6, 6.07) is 8.71. The van der Waals surface area contributed by atoms with Crippen molar-refractivity contribution in [3.05, 3.63) is 78.4 Å². The van der Waals surface area contributed by atoms with Crippen LogP contribution in [0.2, 0.25) is 0 Å². The highest BCUT2D eigenvalue weighted by Gasteiger charge is 2.23. The Labute approximate surface area is 208 Å². The van der Waals surface area contributed by atoms with E-state index >= 15 is 8.78 Å². The summed E-state index contributed by atoms with van der Waals surface area (Å²) in [5.74, 6) is -1.15. The maximum absolute atomic E-state index is 15.1. The number of aryl methyl sites for hydroxylation is 1. The highest BCUT2D eigenvalue weighted by molar-refractivity contribution is 5.98. The fourth-order valence-corrected chi connectivity index (χ4v) is 4.60. The number of H-pyrrole nitrogens is 1. The summed E-state index contributed by atoms with van der Waals surface area (Å²) < 4.78 is 46.6. The third-order valence-electron chi connectivity index (χ3n) is 6.21. The molecule has 6 rings (SSSR count). The molecular weight excluding hydrogens is 481 g/mol. The van der Waals surface area contributed by atoms with Crippen LogP contribution in [0.4, 0.5) is 19.0 Å². The molecule has 37 heavy (non-hydrogen) atoms. The number of aromatic nitrogens is 7. The van der Waals surface area contributed by atoms with Gasteiger partial charge in [-0.2, -0.15) is 5.10 Å². The molecule has 184 valence electrons. The summed E-state index contributed by atoms with van der Waals surface area (Å²) in [4.78, 5) is 17.0. The number of halogens is 3. The molecule has 0 saturated heterocycles. The van der Waals surface area contributed by atoms with Gasteiger partial charge in [0.1, 0.15) is 34.8 Å². The number of anilines is 1. The number of imidazole rings is 1. The van der Waals surface area contributed by atoms with Gasteiger partial charge in [-0.3, -0.25) is 14.6 Å². The first kappa shape index (κ1) is 22.7. The first-order valence-electron chi connectivity index (χ1n) is 11.5. The summed E-state index contributed by atoms with van der Waals surface area (Å²) in [5, 5.41) is 6.81. The van der Waals surface area contributed by atoms with Crippen molar-refractivity contribution in [3.63, 3.8) is 0 Å². The van der Waals surface area contributed by atoms with Crippen molar-refractivity contribution in [2.24, 2.45) is 0 Å². The Bertz CT molecular complexity index is 1790. The Morgan fingerprint density at radius 2 is 1.73 bits per heavy atom. The molecule has 8 nitrogen and oxygen atoms in total. The summed E-state index contributed by atoms with van der Waals surface area (Å²) in [7, 11) is 0. The van der Waals surface area contributed by atoms with Crippen LogP contribution in [0.5, 0.6) is 0 Å². The van der Waals surface area contributed by atoms with Crippen LogP contribution in [0, 0.1) is 17.5 Å². The number of rotatable bonds is 5.